The SMILES string of the molecule is CCCCCC(O)SC(c1ccccc1)(c1ccccc1)c1ccccc1. The lowest BCUT2D eigenvalue weighted by Crippen LogP contribution is -2.28. The molecule has 140 valence electrons. The molecule has 0 bridgehead atoms. The summed E-state index contributed by atoms with van der Waals surface area (Å²) in [5.74, 6) is 0. The molecule has 3 aromatic rings. The van der Waals surface area contributed by atoms with Gasteiger partial charge in [0.25, 0.3) is 0 Å². The molecule has 3 aromatic carbocycles. The fraction of sp³-hybridized carbons (Fsp3) is 0.280. The zero-order valence-electron chi connectivity index (χ0n) is 15.9. The fourth-order valence-corrected chi connectivity index (χ4v) is 5.06. The maximum atomic E-state index is 11.0. The minimum atomic E-state index is -0.435. The van der Waals surface area contributed by atoms with Crippen molar-refractivity contribution in [2.45, 2.75) is 42.8 Å². The third-order valence-corrected chi connectivity index (χ3v) is 6.48. The van der Waals surface area contributed by atoms with Gasteiger partial charge in [0, 0.05) is 0 Å². The number of thioether (sulfide) groups is 1. The van der Waals surface area contributed by atoms with Gasteiger partial charge in [0.1, 0.15) is 5.44 Å². The predicted molar refractivity (Wildman–Crippen MR) is 117 cm³/mol. The van der Waals surface area contributed by atoms with E-state index in [0.717, 1.165) is 19.3 Å². The average Bonchev–Trinajstić information content (AvgIpc) is 2.74. The molecular weight excluding hydrogens is 348 g/mol. The second-order valence-corrected chi connectivity index (χ2v) is 8.24. The minimum Gasteiger partial charge on any atom is -0.382 e. The predicted octanol–water partition coefficient (Wildman–Crippen LogP) is 6.61. The van der Waals surface area contributed by atoms with Crippen molar-refractivity contribution in [2.75, 3.05) is 0 Å². The Balaban J connectivity index is 2.11. The molecule has 0 spiro atoms. The Morgan fingerprint density at radius 1 is 0.704 bits per heavy atom. The average molecular weight is 377 g/mol. The molecular formula is C25H28OS. The fourth-order valence-electron chi connectivity index (χ4n) is 3.55. The van der Waals surface area contributed by atoms with E-state index >= 15 is 0 Å². The van der Waals surface area contributed by atoms with Gasteiger partial charge in [-0.2, -0.15) is 0 Å². The highest BCUT2D eigenvalue weighted by Gasteiger charge is 2.38. The molecule has 1 nitrogen and oxygen atoms in total. The van der Waals surface area contributed by atoms with Gasteiger partial charge in [0.15, 0.2) is 0 Å². The Morgan fingerprint density at radius 2 is 1.11 bits per heavy atom. The molecule has 0 fully saturated rings. The van der Waals surface area contributed by atoms with Gasteiger partial charge in [-0.3, -0.25) is 0 Å². The van der Waals surface area contributed by atoms with Gasteiger partial charge in [-0.25, -0.2) is 0 Å². The number of unbranched alkanes of at least 4 members (excludes halogenated alkanes) is 2. The van der Waals surface area contributed by atoms with E-state index < -0.39 is 10.2 Å². The van der Waals surface area contributed by atoms with Crippen LogP contribution >= 0.6 is 11.8 Å². The van der Waals surface area contributed by atoms with Crippen LogP contribution in [0.5, 0.6) is 0 Å². The van der Waals surface area contributed by atoms with Gasteiger partial charge in [0.2, 0.25) is 0 Å². The quantitative estimate of drug-likeness (QED) is 0.257. The van der Waals surface area contributed by atoms with Crippen LogP contribution in [0.15, 0.2) is 91.0 Å². The Labute approximate surface area is 167 Å². The maximum absolute atomic E-state index is 11.0. The summed E-state index contributed by atoms with van der Waals surface area (Å²) in [4.78, 5) is 0. The number of aliphatic hydroxyl groups excluding tert-OH is 1. The van der Waals surface area contributed by atoms with Crippen LogP contribution in [0.3, 0.4) is 0 Å². The molecule has 1 unspecified atom stereocenters. The first-order valence-corrected chi connectivity index (χ1v) is 10.7. The lowest BCUT2D eigenvalue weighted by Gasteiger charge is -2.37. The highest BCUT2D eigenvalue weighted by atomic mass is 32.2. The highest BCUT2D eigenvalue weighted by Crippen LogP contribution is 2.50. The van der Waals surface area contributed by atoms with Gasteiger partial charge in [0.05, 0.1) is 4.75 Å². The van der Waals surface area contributed by atoms with E-state index in [1.807, 2.05) is 18.2 Å². The van der Waals surface area contributed by atoms with E-state index in [-0.39, 0.29) is 0 Å². The summed E-state index contributed by atoms with van der Waals surface area (Å²) in [5, 5.41) is 11.0. The van der Waals surface area contributed by atoms with E-state index in [1.54, 1.807) is 11.8 Å². The van der Waals surface area contributed by atoms with Crippen LogP contribution in [0.2, 0.25) is 0 Å². The van der Waals surface area contributed by atoms with E-state index in [4.69, 9.17) is 0 Å². The monoisotopic (exact) mass is 376 g/mol. The second kappa shape index (κ2) is 9.77. The summed E-state index contributed by atoms with van der Waals surface area (Å²) in [7, 11) is 0. The summed E-state index contributed by atoms with van der Waals surface area (Å²) in [6.45, 7) is 2.20. The van der Waals surface area contributed by atoms with E-state index in [1.165, 1.54) is 23.1 Å². The lowest BCUT2D eigenvalue weighted by molar-refractivity contribution is 0.246. The molecule has 0 aliphatic rings. The van der Waals surface area contributed by atoms with Gasteiger partial charge in [-0.15, -0.1) is 11.8 Å². The van der Waals surface area contributed by atoms with Gasteiger partial charge in [-0.1, -0.05) is 117 Å². The normalized spacial score (nSPS) is 12.7. The van der Waals surface area contributed by atoms with E-state index in [2.05, 4.69) is 79.7 Å². The second-order valence-electron chi connectivity index (χ2n) is 6.85. The van der Waals surface area contributed by atoms with Crippen molar-refractivity contribution in [3.05, 3.63) is 108 Å². The van der Waals surface area contributed by atoms with Crippen LogP contribution in [0.25, 0.3) is 0 Å². The minimum absolute atomic E-state index is 0.419. The Morgan fingerprint density at radius 3 is 1.48 bits per heavy atom. The van der Waals surface area contributed by atoms with Crippen LogP contribution in [0.4, 0.5) is 0 Å². The molecule has 1 atom stereocenters. The Bertz CT molecular complexity index is 690. The third-order valence-electron chi connectivity index (χ3n) is 4.91. The van der Waals surface area contributed by atoms with Crippen LogP contribution in [0.1, 0.15) is 49.3 Å². The molecule has 0 aliphatic heterocycles. The molecule has 0 aromatic heterocycles. The zero-order chi connectivity index (χ0) is 19.0. The van der Waals surface area contributed by atoms with Crippen molar-refractivity contribution < 1.29 is 5.11 Å². The summed E-state index contributed by atoms with van der Waals surface area (Å²) in [6.07, 6.45) is 4.19. The maximum Gasteiger partial charge on any atom is 0.101 e. The molecule has 0 radical (unpaired) electrons. The Kier molecular flexibility index (Phi) is 7.14. The van der Waals surface area contributed by atoms with Crippen LogP contribution in [0, 0.1) is 0 Å². The number of rotatable bonds is 9. The first kappa shape index (κ1) is 19.7. The molecule has 0 heterocycles. The van der Waals surface area contributed by atoms with Crippen molar-refractivity contribution >= 4 is 11.8 Å². The van der Waals surface area contributed by atoms with E-state index in [9.17, 15) is 5.11 Å². The standard InChI is InChI=1S/C25H28OS/c1-2-3-7-20-24(26)27-25(21-14-8-4-9-15-21,22-16-10-5-11-17-22)23-18-12-6-13-19-23/h4-6,8-19,24,26H,2-3,7,20H2,1H3. The summed E-state index contributed by atoms with van der Waals surface area (Å²) >= 11 is 1.66. The van der Waals surface area contributed by atoms with Crippen molar-refractivity contribution in [1.82, 2.24) is 0 Å². The molecule has 0 aliphatic carbocycles. The molecule has 2 heteroatoms. The third kappa shape index (κ3) is 4.63. The lowest BCUT2D eigenvalue weighted by atomic mass is 9.84. The first-order chi connectivity index (χ1) is 13.3. The molecule has 0 saturated heterocycles. The van der Waals surface area contributed by atoms with E-state index in [0.29, 0.717) is 0 Å². The van der Waals surface area contributed by atoms with Crippen LogP contribution in [-0.2, 0) is 4.75 Å². The number of hydrogen-bond donors (Lipinski definition) is 1. The molecule has 0 saturated carbocycles. The topological polar surface area (TPSA) is 20.2 Å². The van der Waals surface area contributed by atoms with Crippen molar-refractivity contribution in [3.8, 4) is 0 Å². The van der Waals surface area contributed by atoms with Gasteiger partial charge < -0.3 is 5.11 Å². The van der Waals surface area contributed by atoms with Crippen LogP contribution < -0.4 is 0 Å². The largest absolute Gasteiger partial charge is 0.382 e. The molecule has 27 heavy (non-hydrogen) atoms. The van der Waals surface area contributed by atoms with Crippen molar-refractivity contribution in [3.63, 3.8) is 0 Å². The van der Waals surface area contributed by atoms with Crippen LogP contribution in [-0.4, -0.2) is 10.5 Å². The smallest absolute Gasteiger partial charge is 0.101 e. The first-order valence-electron chi connectivity index (χ1n) is 9.80. The van der Waals surface area contributed by atoms with Crippen molar-refractivity contribution in [1.29, 1.82) is 0 Å². The zero-order valence-corrected chi connectivity index (χ0v) is 16.7. The number of hydrogen-bond acceptors (Lipinski definition) is 2. The Hall–Kier alpha value is -2.03. The number of benzene rings is 3. The molecule has 0 amide bonds. The summed E-state index contributed by atoms with van der Waals surface area (Å²) < 4.78 is -0.435. The molecule has 3 rings (SSSR count). The van der Waals surface area contributed by atoms with Crippen molar-refractivity contribution in [2.24, 2.45) is 0 Å². The summed E-state index contributed by atoms with van der Waals surface area (Å²) in [6, 6.07) is 31.7. The number of aliphatic hydroxyl groups is 1. The molecule has 1 N–H and O–H groups in total. The highest BCUT2D eigenvalue weighted by molar-refractivity contribution is 8.01. The van der Waals surface area contributed by atoms with Gasteiger partial charge in [-0.05, 0) is 23.1 Å². The van der Waals surface area contributed by atoms with Gasteiger partial charge >= 0.3 is 0 Å². The summed E-state index contributed by atoms with van der Waals surface area (Å²) in [5.41, 5.74) is 3.17.